The smallest absolute Gasteiger partial charge is 0.0536 e. The molecule has 2 aromatic carbocycles. The third kappa shape index (κ3) is 2.85. The molecule has 0 aliphatic carbocycles. The molecule has 2 nitrogen and oxygen atoms in total. The third-order valence-corrected chi connectivity index (χ3v) is 5.01. The Kier molecular flexibility index (Phi) is 4.05. The van der Waals surface area contributed by atoms with Gasteiger partial charge in [0.15, 0.2) is 0 Å². The molecule has 0 aromatic heterocycles. The van der Waals surface area contributed by atoms with Gasteiger partial charge in [0.1, 0.15) is 0 Å². The Labute approximate surface area is 135 Å². The van der Waals surface area contributed by atoms with E-state index in [9.17, 15) is 0 Å². The molecule has 1 aliphatic rings. The largest absolute Gasteiger partial charge is 0.364 e. The third-order valence-electron chi connectivity index (χ3n) is 4.48. The standard InChI is InChI=1S/C18H21BrN2/c1-18(13-20,12-14-6-8-16(19)9-7-14)21-11-10-15-4-2-3-5-17(15)21/h2-9H,10-13,20H2,1H3. The average molecular weight is 345 g/mol. The molecule has 2 aromatic rings. The van der Waals surface area contributed by atoms with Crippen molar-refractivity contribution in [1.29, 1.82) is 0 Å². The van der Waals surface area contributed by atoms with E-state index in [0.29, 0.717) is 6.54 Å². The molecular weight excluding hydrogens is 324 g/mol. The van der Waals surface area contributed by atoms with Gasteiger partial charge >= 0.3 is 0 Å². The Balaban J connectivity index is 1.88. The molecule has 0 amide bonds. The quantitative estimate of drug-likeness (QED) is 0.914. The number of hydrogen-bond acceptors (Lipinski definition) is 2. The van der Waals surface area contributed by atoms with Crippen LogP contribution in [0.1, 0.15) is 18.1 Å². The van der Waals surface area contributed by atoms with Crippen LogP contribution in [0.3, 0.4) is 0 Å². The molecule has 1 unspecified atom stereocenters. The highest BCUT2D eigenvalue weighted by molar-refractivity contribution is 9.10. The van der Waals surface area contributed by atoms with E-state index in [0.717, 1.165) is 23.9 Å². The van der Waals surface area contributed by atoms with Gasteiger partial charge in [0.25, 0.3) is 0 Å². The molecule has 0 radical (unpaired) electrons. The Morgan fingerprint density at radius 3 is 2.57 bits per heavy atom. The molecule has 0 saturated carbocycles. The maximum atomic E-state index is 6.17. The van der Waals surface area contributed by atoms with E-state index in [1.165, 1.54) is 16.8 Å². The van der Waals surface area contributed by atoms with E-state index in [4.69, 9.17) is 5.73 Å². The zero-order valence-corrected chi connectivity index (χ0v) is 13.9. The molecular formula is C18H21BrN2. The minimum atomic E-state index is -0.0412. The molecule has 0 fully saturated rings. The van der Waals surface area contributed by atoms with Crippen molar-refractivity contribution < 1.29 is 0 Å². The van der Waals surface area contributed by atoms with Gasteiger partial charge in [-0.3, -0.25) is 0 Å². The lowest BCUT2D eigenvalue weighted by molar-refractivity contribution is 0.436. The molecule has 2 N–H and O–H groups in total. The SMILES string of the molecule is CC(CN)(Cc1ccc(Br)cc1)N1CCc2ccccc21. The summed E-state index contributed by atoms with van der Waals surface area (Å²) in [6.07, 6.45) is 2.08. The Morgan fingerprint density at radius 2 is 1.86 bits per heavy atom. The van der Waals surface area contributed by atoms with Gasteiger partial charge in [-0.25, -0.2) is 0 Å². The van der Waals surface area contributed by atoms with Crippen LogP contribution >= 0.6 is 15.9 Å². The highest BCUT2D eigenvalue weighted by Crippen LogP contribution is 2.34. The molecule has 0 bridgehead atoms. The first-order valence-corrected chi connectivity index (χ1v) is 8.22. The second-order valence-electron chi connectivity index (χ2n) is 6.03. The van der Waals surface area contributed by atoms with Gasteiger partial charge in [0.05, 0.1) is 5.54 Å². The van der Waals surface area contributed by atoms with Crippen LogP contribution in [0.4, 0.5) is 5.69 Å². The normalized spacial score (nSPS) is 16.6. The molecule has 21 heavy (non-hydrogen) atoms. The first-order valence-electron chi connectivity index (χ1n) is 7.42. The van der Waals surface area contributed by atoms with E-state index in [1.54, 1.807) is 0 Å². The summed E-state index contributed by atoms with van der Waals surface area (Å²) in [5, 5.41) is 0. The fraction of sp³-hybridized carbons (Fsp3) is 0.333. The second kappa shape index (κ2) is 5.82. The number of benzene rings is 2. The molecule has 110 valence electrons. The van der Waals surface area contributed by atoms with Crippen LogP contribution < -0.4 is 10.6 Å². The fourth-order valence-corrected chi connectivity index (χ4v) is 3.48. The van der Waals surface area contributed by atoms with Crippen molar-refractivity contribution in [2.45, 2.75) is 25.3 Å². The van der Waals surface area contributed by atoms with Gasteiger partial charge in [-0.2, -0.15) is 0 Å². The van der Waals surface area contributed by atoms with E-state index >= 15 is 0 Å². The van der Waals surface area contributed by atoms with Crippen LogP contribution in [-0.2, 0) is 12.8 Å². The number of rotatable bonds is 4. The van der Waals surface area contributed by atoms with Gasteiger partial charge in [0, 0.05) is 23.2 Å². The number of para-hydroxylation sites is 1. The predicted molar refractivity (Wildman–Crippen MR) is 92.8 cm³/mol. The summed E-state index contributed by atoms with van der Waals surface area (Å²) in [6, 6.07) is 17.3. The van der Waals surface area contributed by atoms with Crippen LogP contribution in [0.25, 0.3) is 0 Å². The Bertz CT molecular complexity index is 623. The molecule has 1 heterocycles. The zero-order chi connectivity index (χ0) is 14.9. The zero-order valence-electron chi connectivity index (χ0n) is 12.3. The minimum Gasteiger partial charge on any atom is -0.364 e. The van der Waals surface area contributed by atoms with Gasteiger partial charge in [-0.1, -0.05) is 46.3 Å². The van der Waals surface area contributed by atoms with E-state index in [1.807, 2.05) is 0 Å². The van der Waals surface area contributed by atoms with Gasteiger partial charge in [-0.05, 0) is 49.1 Å². The van der Waals surface area contributed by atoms with Crippen LogP contribution in [0, 0.1) is 0 Å². The van der Waals surface area contributed by atoms with Gasteiger partial charge < -0.3 is 10.6 Å². The first-order chi connectivity index (χ1) is 10.1. The number of nitrogens with zero attached hydrogens (tertiary/aromatic N) is 1. The highest BCUT2D eigenvalue weighted by Gasteiger charge is 2.34. The molecule has 3 heteroatoms. The summed E-state index contributed by atoms with van der Waals surface area (Å²) in [4.78, 5) is 2.49. The monoisotopic (exact) mass is 344 g/mol. The van der Waals surface area contributed by atoms with Crippen molar-refractivity contribution in [3.05, 3.63) is 64.1 Å². The average Bonchev–Trinajstić information content (AvgIpc) is 2.94. The molecule has 1 atom stereocenters. The second-order valence-corrected chi connectivity index (χ2v) is 6.95. The topological polar surface area (TPSA) is 29.3 Å². The lowest BCUT2D eigenvalue weighted by Gasteiger charge is -2.40. The number of hydrogen-bond donors (Lipinski definition) is 1. The number of halogens is 1. The molecule has 0 saturated heterocycles. The highest BCUT2D eigenvalue weighted by atomic mass is 79.9. The molecule has 1 aliphatic heterocycles. The molecule has 0 spiro atoms. The van der Waals surface area contributed by atoms with Crippen LogP contribution in [0.15, 0.2) is 53.0 Å². The van der Waals surface area contributed by atoms with Crippen molar-refractivity contribution in [3.63, 3.8) is 0 Å². The summed E-state index contributed by atoms with van der Waals surface area (Å²) < 4.78 is 1.12. The van der Waals surface area contributed by atoms with Crippen LogP contribution in [0.5, 0.6) is 0 Å². The van der Waals surface area contributed by atoms with Crippen molar-refractivity contribution in [2.75, 3.05) is 18.0 Å². The van der Waals surface area contributed by atoms with Crippen molar-refractivity contribution in [2.24, 2.45) is 5.73 Å². The van der Waals surface area contributed by atoms with Crippen LogP contribution in [-0.4, -0.2) is 18.6 Å². The van der Waals surface area contributed by atoms with E-state index in [-0.39, 0.29) is 5.54 Å². The first kappa shape index (κ1) is 14.6. The van der Waals surface area contributed by atoms with Gasteiger partial charge in [-0.15, -0.1) is 0 Å². The summed E-state index contributed by atoms with van der Waals surface area (Å²) in [5.41, 5.74) is 10.2. The predicted octanol–water partition coefficient (Wildman–Crippen LogP) is 3.77. The Hall–Kier alpha value is -1.32. The van der Waals surface area contributed by atoms with Crippen molar-refractivity contribution in [3.8, 4) is 0 Å². The lowest BCUT2D eigenvalue weighted by atomic mass is 9.90. The van der Waals surface area contributed by atoms with E-state index < -0.39 is 0 Å². The van der Waals surface area contributed by atoms with Crippen molar-refractivity contribution in [1.82, 2.24) is 0 Å². The van der Waals surface area contributed by atoms with E-state index in [2.05, 4.69) is 76.3 Å². The summed E-state index contributed by atoms with van der Waals surface area (Å²) in [7, 11) is 0. The maximum absolute atomic E-state index is 6.17. The number of fused-ring (bicyclic) bond motifs is 1. The number of nitrogens with two attached hydrogens (primary N) is 1. The molecule has 3 rings (SSSR count). The van der Waals surface area contributed by atoms with Crippen molar-refractivity contribution >= 4 is 21.6 Å². The number of anilines is 1. The lowest BCUT2D eigenvalue weighted by Crippen LogP contribution is -2.52. The minimum absolute atomic E-state index is 0.0412. The summed E-state index contributed by atoms with van der Waals surface area (Å²) >= 11 is 3.49. The summed E-state index contributed by atoms with van der Waals surface area (Å²) in [5.74, 6) is 0. The van der Waals surface area contributed by atoms with Crippen LogP contribution in [0.2, 0.25) is 0 Å². The maximum Gasteiger partial charge on any atom is 0.0536 e. The summed E-state index contributed by atoms with van der Waals surface area (Å²) in [6.45, 7) is 3.98. The Morgan fingerprint density at radius 1 is 1.14 bits per heavy atom. The van der Waals surface area contributed by atoms with Gasteiger partial charge in [0.2, 0.25) is 0 Å². The fourth-order valence-electron chi connectivity index (χ4n) is 3.22.